The Hall–Kier alpha value is -1.50. The zero-order chi connectivity index (χ0) is 12.5. The number of ether oxygens (including phenoxy) is 1. The molecule has 18 heavy (non-hydrogen) atoms. The van der Waals surface area contributed by atoms with Crippen LogP contribution in [0.15, 0.2) is 12.3 Å². The largest absolute Gasteiger partial charge is 0.378 e. The molecule has 0 aliphatic carbocycles. The van der Waals surface area contributed by atoms with E-state index in [0.717, 1.165) is 44.0 Å². The molecule has 3 heterocycles. The van der Waals surface area contributed by atoms with Crippen molar-refractivity contribution in [2.45, 2.75) is 19.0 Å². The van der Waals surface area contributed by atoms with Gasteiger partial charge in [-0.15, -0.1) is 0 Å². The minimum atomic E-state index is -0.519. The van der Waals surface area contributed by atoms with Gasteiger partial charge >= 0.3 is 0 Å². The molecule has 2 N–H and O–H groups in total. The molecule has 96 valence electrons. The van der Waals surface area contributed by atoms with Gasteiger partial charge in [-0.1, -0.05) is 0 Å². The van der Waals surface area contributed by atoms with Crippen LogP contribution < -0.4 is 5.48 Å². The predicted octanol–water partition coefficient (Wildman–Crippen LogP) is -0.0425. The fourth-order valence-electron chi connectivity index (χ4n) is 2.38. The van der Waals surface area contributed by atoms with Gasteiger partial charge in [-0.25, -0.2) is 5.48 Å². The summed E-state index contributed by atoms with van der Waals surface area (Å²) in [7, 11) is 0. The summed E-state index contributed by atoms with van der Waals surface area (Å²) in [4.78, 5) is 18.0. The summed E-state index contributed by atoms with van der Waals surface area (Å²) >= 11 is 0. The van der Waals surface area contributed by atoms with E-state index < -0.39 is 5.91 Å². The molecule has 6 heteroatoms. The molecule has 0 aromatic carbocycles. The molecule has 1 aromatic heterocycles. The number of hydrogen-bond donors (Lipinski definition) is 2. The van der Waals surface area contributed by atoms with Crippen molar-refractivity contribution in [2.75, 3.05) is 19.8 Å². The standard InChI is InChI=1S/C12H15N3O3/c16-12(14-17)8-3-9-5-15(10-6-18-7-10)2-1-11(9)13-4-8/h3-4,10,17H,1-2,5-7H2,(H,14,16). The van der Waals surface area contributed by atoms with Gasteiger partial charge in [0, 0.05) is 31.4 Å². The molecular formula is C12H15N3O3. The van der Waals surface area contributed by atoms with Crippen LogP contribution in [0.25, 0.3) is 0 Å². The number of nitrogens with one attached hydrogen (secondary N) is 1. The molecule has 0 atom stereocenters. The Morgan fingerprint density at radius 2 is 2.39 bits per heavy atom. The lowest BCUT2D eigenvalue weighted by molar-refractivity contribution is -0.0696. The second kappa shape index (κ2) is 4.64. The maximum Gasteiger partial charge on any atom is 0.276 e. The molecule has 6 nitrogen and oxygen atoms in total. The summed E-state index contributed by atoms with van der Waals surface area (Å²) in [5.41, 5.74) is 4.13. The van der Waals surface area contributed by atoms with Crippen LogP contribution in [-0.2, 0) is 17.7 Å². The Morgan fingerprint density at radius 1 is 1.56 bits per heavy atom. The average Bonchev–Trinajstić information content (AvgIpc) is 2.35. The molecule has 0 spiro atoms. The Bertz CT molecular complexity index is 474. The lowest BCUT2D eigenvalue weighted by atomic mass is 10.0. The van der Waals surface area contributed by atoms with Crippen molar-refractivity contribution in [1.82, 2.24) is 15.4 Å². The lowest BCUT2D eigenvalue weighted by Gasteiger charge is -2.39. The second-order valence-corrected chi connectivity index (χ2v) is 4.68. The quantitative estimate of drug-likeness (QED) is 0.568. The summed E-state index contributed by atoms with van der Waals surface area (Å²) in [6, 6.07) is 2.30. The smallest absolute Gasteiger partial charge is 0.276 e. The summed E-state index contributed by atoms with van der Waals surface area (Å²) < 4.78 is 5.20. The maximum atomic E-state index is 11.3. The van der Waals surface area contributed by atoms with Gasteiger partial charge in [0.25, 0.3) is 5.91 Å². The van der Waals surface area contributed by atoms with Crippen molar-refractivity contribution in [1.29, 1.82) is 0 Å². The first-order chi connectivity index (χ1) is 8.78. The average molecular weight is 249 g/mol. The van der Waals surface area contributed by atoms with Gasteiger partial charge in [-0.3, -0.25) is 19.9 Å². The van der Waals surface area contributed by atoms with Crippen LogP contribution in [-0.4, -0.2) is 46.8 Å². The van der Waals surface area contributed by atoms with Crippen molar-refractivity contribution in [3.05, 3.63) is 29.1 Å². The third-order valence-corrected chi connectivity index (χ3v) is 3.57. The minimum absolute atomic E-state index is 0.392. The van der Waals surface area contributed by atoms with E-state index in [4.69, 9.17) is 9.94 Å². The third kappa shape index (κ3) is 1.98. The third-order valence-electron chi connectivity index (χ3n) is 3.57. The van der Waals surface area contributed by atoms with Crippen LogP contribution >= 0.6 is 0 Å². The Morgan fingerprint density at radius 3 is 3.06 bits per heavy atom. The summed E-state index contributed by atoms with van der Waals surface area (Å²) in [6.45, 7) is 3.36. The first-order valence-electron chi connectivity index (χ1n) is 6.02. The summed E-state index contributed by atoms with van der Waals surface area (Å²) in [6.07, 6.45) is 2.40. The monoisotopic (exact) mass is 249 g/mol. The van der Waals surface area contributed by atoms with Gasteiger partial charge in [0.1, 0.15) is 0 Å². The number of carbonyl (C=O) groups is 1. The molecule has 0 saturated carbocycles. The van der Waals surface area contributed by atoms with E-state index in [1.54, 1.807) is 11.5 Å². The van der Waals surface area contributed by atoms with E-state index in [1.807, 2.05) is 0 Å². The highest BCUT2D eigenvalue weighted by atomic mass is 16.5. The van der Waals surface area contributed by atoms with Gasteiger partial charge in [0.05, 0.1) is 24.8 Å². The molecule has 2 aliphatic heterocycles. The van der Waals surface area contributed by atoms with Crippen molar-refractivity contribution in [3.8, 4) is 0 Å². The van der Waals surface area contributed by atoms with Gasteiger partial charge in [0.2, 0.25) is 0 Å². The van der Waals surface area contributed by atoms with Crippen LogP contribution in [0.1, 0.15) is 21.6 Å². The molecule has 0 radical (unpaired) electrons. The summed E-state index contributed by atoms with van der Waals surface area (Å²) in [5.74, 6) is -0.519. The van der Waals surface area contributed by atoms with Gasteiger partial charge in [-0.2, -0.15) is 0 Å². The molecule has 1 saturated heterocycles. The van der Waals surface area contributed by atoms with E-state index in [-0.39, 0.29) is 0 Å². The topological polar surface area (TPSA) is 74.7 Å². The number of fused-ring (bicyclic) bond motifs is 1. The number of amides is 1. The van der Waals surface area contributed by atoms with Crippen LogP contribution in [0.4, 0.5) is 0 Å². The molecule has 1 amide bonds. The number of aromatic nitrogens is 1. The minimum Gasteiger partial charge on any atom is -0.378 e. The number of hydrogen-bond acceptors (Lipinski definition) is 5. The van der Waals surface area contributed by atoms with Crippen LogP contribution in [0.2, 0.25) is 0 Å². The van der Waals surface area contributed by atoms with E-state index in [1.165, 1.54) is 6.20 Å². The lowest BCUT2D eigenvalue weighted by Crippen LogP contribution is -2.50. The Kier molecular flexibility index (Phi) is 2.99. The molecule has 0 bridgehead atoms. The number of hydroxylamine groups is 1. The molecule has 1 fully saturated rings. The van der Waals surface area contributed by atoms with Crippen LogP contribution in [0.5, 0.6) is 0 Å². The van der Waals surface area contributed by atoms with Gasteiger partial charge in [0.15, 0.2) is 0 Å². The normalized spacial score (nSPS) is 20.1. The number of pyridine rings is 1. The predicted molar refractivity (Wildman–Crippen MR) is 62.2 cm³/mol. The molecule has 1 aromatic rings. The Balaban J connectivity index is 1.81. The molecule has 2 aliphatic rings. The van der Waals surface area contributed by atoms with Crippen molar-refractivity contribution in [2.24, 2.45) is 0 Å². The van der Waals surface area contributed by atoms with E-state index in [0.29, 0.717) is 11.6 Å². The zero-order valence-electron chi connectivity index (χ0n) is 9.93. The number of nitrogens with zero attached hydrogens (tertiary/aromatic N) is 2. The Labute approximate surface area is 105 Å². The van der Waals surface area contributed by atoms with Crippen LogP contribution in [0.3, 0.4) is 0 Å². The van der Waals surface area contributed by atoms with E-state index in [2.05, 4.69) is 9.88 Å². The first-order valence-corrected chi connectivity index (χ1v) is 6.02. The number of carbonyl (C=O) groups excluding carboxylic acids is 1. The highest BCUT2D eigenvalue weighted by molar-refractivity contribution is 5.93. The first kappa shape index (κ1) is 11.6. The highest BCUT2D eigenvalue weighted by Gasteiger charge is 2.29. The summed E-state index contributed by atoms with van der Waals surface area (Å²) in [5, 5.41) is 8.63. The van der Waals surface area contributed by atoms with Gasteiger partial charge in [-0.05, 0) is 11.6 Å². The molecular weight excluding hydrogens is 234 g/mol. The highest BCUT2D eigenvalue weighted by Crippen LogP contribution is 2.22. The molecule has 0 unspecified atom stereocenters. The number of rotatable bonds is 2. The maximum absolute atomic E-state index is 11.3. The van der Waals surface area contributed by atoms with E-state index in [9.17, 15) is 4.79 Å². The van der Waals surface area contributed by atoms with Crippen molar-refractivity contribution in [3.63, 3.8) is 0 Å². The van der Waals surface area contributed by atoms with E-state index >= 15 is 0 Å². The van der Waals surface area contributed by atoms with Crippen molar-refractivity contribution < 1.29 is 14.7 Å². The zero-order valence-corrected chi connectivity index (χ0v) is 9.93. The fourth-order valence-corrected chi connectivity index (χ4v) is 2.38. The van der Waals surface area contributed by atoms with Gasteiger partial charge < -0.3 is 4.74 Å². The van der Waals surface area contributed by atoms with Crippen molar-refractivity contribution >= 4 is 5.91 Å². The second-order valence-electron chi connectivity index (χ2n) is 4.68. The molecule has 3 rings (SSSR count). The fraction of sp³-hybridized carbons (Fsp3) is 0.500. The SMILES string of the molecule is O=C(NO)c1cnc2c(c1)CN(C1COC1)CC2. The van der Waals surface area contributed by atoms with Crippen LogP contribution in [0, 0.1) is 0 Å².